The van der Waals surface area contributed by atoms with Gasteiger partial charge < -0.3 is 14.6 Å². The summed E-state index contributed by atoms with van der Waals surface area (Å²) in [5.74, 6) is -0.615. The second-order valence-electron chi connectivity index (χ2n) is 10.8. The lowest BCUT2D eigenvalue weighted by molar-refractivity contribution is 0.0283. The molecule has 0 radical (unpaired) electrons. The van der Waals surface area contributed by atoms with E-state index in [9.17, 15) is 19.1 Å². The predicted molar refractivity (Wildman–Crippen MR) is 125 cm³/mol. The highest BCUT2D eigenvalue weighted by Crippen LogP contribution is 2.45. The van der Waals surface area contributed by atoms with E-state index in [0.717, 1.165) is 31.2 Å². The second kappa shape index (κ2) is 7.96. The van der Waals surface area contributed by atoms with Crippen LogP contribution >= 0.6 is 0 Å². The summed E-state index contributed by atoms with van der Waals surface area (Å²) in [6.45, 7) is 11.8. The van der Waals surface area contributed by atoms with Crippen molar-refractivity contribution in [2.24, 2.45) is 0 Å². The zero-order valence-electron chi connectivity index (χ0n) is 20.5. The standard InChI is InChI=1S/C26H34FN3O3/c1-15(2)30-24(33)21-22(31)23(32)28-19(29(21)14-25(30,5)6)13-26(9-7-8-10-26)18-11-16(3)20(27)17(4)12-18/h11-12,15,31H,7-10,13-14H2,1-6H3. The Hall–Kier alpha value is -2.70. The molecule has 6 nitrogen and oxygen atoms in total. The third kappa shape index (κ3) is 3.75. The summed E-state index contributed by atoms with van der Waals surface area (Å²) in [7, 11) is 0. The number of hydrogen-bond acceptors (Lipinski definition) is 4. The average molecular weight is 456 g/mol. The lowest BCUT2D eigenvalue weighted by Gasteiger charge is -2.46. The van der Waals surface area contributed by atoms with Gasteiger partial charge in [-0.05, 0) is 71.1 Å². The quantitative estimate of drug-likeness (QED) is 0.741. The number of carbonyl (C=O) groups excluding carboxylic acids is 1. The van der Waals surface area contributed by atoms with E-state index in [4.69, 9.17) is 0 Å². The van der Waals surface area contributed by atoms with Crippen LogP contribution in [0, 0.1) is 19.7 Å². The SMILES string of the molecule is Cc1cc(C2(Cc3nc(=O)c(O)c4n3CC(C)(C)N(C(C)C)C4=O)CCCC2)cc(C)c1F. The van der Waals surface area contributed by atoms with E-state index in [1.165, 1.54) is 0 Å². The Kier molecular flexibility index (Phi) is 5.66. The van der Waals surface area contributed by atoms with Gasteiger partial charge in [0.1, 0.15) is 11.6 Å². The molecule has 0 unspecified atom stereocenters. The number of aromatic nitrogens is 2. The molecule has 4 rings (SSSR count). The number of carbonyl (C=O) groups is 1. The number of halogens is 1. The molecule has 1 aliphatic heterocycles. The molecule has 2 aliphatic rings. The fourth-order valence-electron chi connectivity index (χ4n) is 6.07. The van der Waals surface area contributed by atoms with Crippen LogP contribution in [0.5, 0.6) is 5.75 Å². The molecular formula is C26H34FN3O3. The molecule has 178 valence electrons. The summed E-state index contributed by atoms with van der Waals surface area (Å²) in [4.78, 5) is 32.1. The van der Waals surface area contributed by atoms with E-state index in [0.29, 0.717) is 29.9 Å². The minimum absolute atomic E-state index is 0.0256. The highest BCUT2D eigenvalue weighted by molar-refractivity contribution is 5.96. The Morgan fingerprint density at radius 1 is 1.12 bits per heavy atom. The first-order chi connectivity index (χ1) is 15.4. The van der Waals surface area contributed by atoms with Gasteiger partial charge in [0.15, 0.2) is 5.69 Å². The average Bonchev–Trinajstić information content (AvgIpc) is 3.18. The molecule has 1 amide bonds. The summed E-state index contributed by atoms with van der Waals surface area (Å²) < 4.78 is 16.1. The molecule has 0 bridgehead atoms. The molecular weight excluding hydrogens is 421 g/mol. The summed E-state index contributed by atoms with van der Waals surface area (Å²) in [6, 6.07) is 3.75. The number of amides is 1. The topological polar surface area (TPSA) is 75.4 Å². The lowest BCUT2D eigenvalue weighted by Crippen LogP contribution is -2.58. The molecule has 1 aromatic carbocycles. The molecule has 2 aromatic rings. The first-order valence-corrected chi connectivity index (χ1v) is 11.8. The smallest absolute Gasteiger partial charge is 0.315 e. The van der Waals surface area contributed by atoms with Gasteiger partial charge in [-0.3, -0.25) is 9.59 Å². The van der Waals surface area contributed by atoms with Crippen LogP contribution in [0.15, 0.2) is 16.9 Å². The van der Waals surface area contributed by atoms with Crippen LogP contribution in [0.2, 0.25) is 0 Å². The van der Waals surface area contributed by atoms with Crippen molar-refractivity contribution in [3.63, 3.8) is 0 Å². The van der Waals surface area contributed by atoms with E-state index < -0.39 is 16.8 Å². The molecule has 1 saturated carbocycles. The molecule has 0 saturated heterocycles. The lowest BCUT2D eigenvalue weighted by atomic mass is 9.74. The Bertz CT molecular complexity index is 1150. The Balaban J connectivity index is 1.88. The Morgan fingerprint density at radius 3 is 2.24 bits per heavy atom. The number of rotatable bonds is 4. The number of benzene rings is 1. The van der Waals surface area contributed by atoms with Crippen molar-refractivity contribution in [3.8, 4) is 5.75 Å². The van der Waals surface area contributed by atoms with Crippen LogP contribution in [0.1, 0.15) is 86.4 Å². The summed E-state index contributed by atoms with van der Waals surface area (Å²) in [6.07, 6.45) is 4.34. The zero-order chi connectivity index (χ0) is 24.3. The number of aryl methyl sites for hydroxylation is 2. The molecule has 0 atom stereocenters. The van der Waals surface area contributed by atoms with Gasteiger partial charge in [0.05, 0.1) is 5.54 Å². The second-order valence-corrected chi connectivity index (χ2v) is 10.8. The molecule has 2 heterocycles. The van der Waals surface area contributed by atoms with Gasteiger partial charge in [0.2, 0.25) is 5.75 Å². The van der Waals surface area contributed by atoms with Gasteiger partial charge in [0, 0.05) is 24.4 Å². The fraction of sp³-hybridized carbons (Fsp3) is 0.577. The number of aromatic hydroxyl groups is 1. The van der Waals surface area contributed by atoms with Crippen molar-refractivity contribution in [2.45, 2.75) is 97.2 Å². The minimum Gasteiger partial charge on any atom is -0.501 e. The van der Waals surface area contributed by atoms with Gasteiger partial charge in [-0.15, -0.1) is 0 Å². The van der Waals surface area contributed by atoms with Gasteiger partial charge >= 0.3 is 5.56 Å². The maximum Gasteiger partial charge on any atom is 0.315 e. The number of nitrogens with zero attached hydrogens (tertiary/aromatic N) is 3. The minimum atomic E-state index is -0.771. The first-order valence-electron chi connectivity index (χ1n) is 11.8. The Labute approximate surface area is 194 Å². The molecule has 33 heavy (non-hydrogen) atoms. The summed E-state index contributed by atoms with van der Waals surface area (Å²) >= 11 is 0. The van der Waals surface area contributed by atoms with Crippen LogP contribution < -0.4 is 5.56 Å². The van der Waals surface area contributed by atoms with Gasteiger partial charge in [-0.25, -0.2) is 4.39 Å². The number of hydrogen-bond donors (Lipinski definition) is 1. The maximum absolute atomic E-state index is 14.4. The van der Waals surface area contributed by atoms with Crippen molar-refractivity contribution in [1.82, 2.24) is 14.5 Å². The third-order valence-corrected chi connectivity index (χ3v) is 7.48. The fourth-order valence-corrected chi connectivity index (χ4v) is 6.07. The van der Waals surface area contributed by atoms with Crippen LogP contribution in [0.25, 0.3) is 0 Å². The molecule has 0 spiro atoms. The Morgan fingerprint density at radius 2 is 1.70 bits per heavy atom. The van der Waals surface area contributed by atoms with Crippen molar-refractivity contribution >= 4 is 5.91 Å². The monoisotopic (exact) mass is 455 g/mol. The zero-order valence-corrected chi connectivity index (χ0v) is 20.5. The maximum atomic E-state index is 14.4. The predicted octanol–water partition coefficient (Wildman–Crippen LogP) is 4.40. The molecule has 1 N–H and O–H groups in total. The molecule has 7 heteroatoms. The van der Waals surface area contributed by atoms with E-state index in [1.807, 2.05) is 39.8 Å². The normalized spacial score (nSPS) is 19.3. The summed E-state index contributed by atoms with van der Waals surface area (Å²) in [5.41, 5.74) is 0.727. The third-order valence-electron chi connectivity index (χ3n) is 7.48. The molecule has 1 aliphatic carbocycles. The summed E-state index contributed by atoms with van der Waals surface area (Å²) in [5, 5.41) is 10.6. The van der Waals surface area contributed by atoms with Gasteiger partial charge in [-0.1, -0.05) is 25.0 Å². The number of fused-ring (bicyclic) bond motifs is 1. The van der Waals surface area contributed by atoms with E-state index in [1.54, 1.807) is 23.3 Å². The van der Waals surface area contributed by atoms with Crippen LogP contribution in [0.4, 0.5) is 4.39 Å². The van der Waals surface area contributed by atoms with E-state index in [2.05, 4.69) is 4.98 Å². The van der Waals surface area contributed by atoms with E-state index >= 15 is 0 Å². The van der Waals surface area contributed by atoms with Crippen molar-refractivity contribution in [2.75, 3.05) is 0 Å². The highest BCUT2D eigenvalue weighted by atomic mass is 19.1. The van der Waals surface area contributed by atoms with Gasteiger partial charge in [-0.2, -0.15) is 4.98 Å². The van der Waals surface area contributed by atoms with Crippen molar-refractivity contribution in [1.29, 1.82) is 0 Å². The highest BCUT2D eigenvalue weighted by Gasteiger charge is 2.44. The molecule has 1 fully saturated rings. The largest absolute Gasteiger partial charge is 0.501 e. The van der Waals surface area contributed by atoms with E-state index in [-0.39, 0.29) is 28.9 Å². The van der Waals surface area contributed by atoms with Crippen LogP contribution in [0.3, 0.4) is 0 Å². The molecule has 1 aromatic heterocycles. The van der Waals surface area contributed by atoms with Gasteiger partial charge in [0.25, 0.3) is 5.91 Å². The van der Waals surface area contributed by atoms with Crippen LogP contribution in [-0.2, 0) is 18.4 Å². The van der Waals surface area contributed by atoms with Crippen molar-refractivity contribution < 1.29 is 14.3 Å². The van der Waals surface area contributed by atoms with Crippen molar-refractivity contribution in [3.05, 3.63) is 56.5 Å². The first kappa shape index (κ1) is 23.5. The van der Waals surface area contributed by atoms with Crippen LogP contribution in [-0.4, -0.2) is 37.0 Å².